The van der Waals surface area contributed by atoms with Gasteiger partial charge in [0.05, 0.1) is 13.3 Å². The molecule has 0 amide bonds. The van der Waals surface area contributed by atoms with Crippen LogP contribution in [-0.4, -0.2) is 23.3 Å². The molecule has 5 nitrogen and oxygen atoms in total. The summed E-state index contributed by atoms with van der Waals surface area (Å²) in [6.45, 7) is 0. The van der Waals surface area contributed by atoms with Crippen molar-refractivity contribution in [3.05, 3.63) is 47.8 Å². The Labute approximate surface area is 118 Å². The first-order valence-electron chi connectivity index (χ1n) is 5.82. The molecule has 0 spiro atoms. The first-order valence-corrected chi connectivity index (χ1v) is 5.82. The van der Waals surface area contributed by atoms with Crippen molar-refractivity contribution in [1.82, 2.24) is 9.97 Å². The quantitative estimate of drug-likeness (QED) is 0.696. The van der Waals surface area contributed by atoms with E-state index in [1.165, 1.54) is 6.21 Å². The normalized spacial score (nSPS) is 11.6. The molecule has 0 saturated heterocycles. The number of halogens is 3. The minimum atomic E-state index is -4.51. The Bertz CT molecular complexity index is 626. The van der Waals surface area contributed by atoms with Crippen LogP contribution in [0.3, 0.4) is 0 Å². The number of nitrogens with zero attached hydrogens (tertiary/aromatic N) is 3. The van der Waals surface area contributed by atoms with Gasteiger partial charge in [-0.15, -0.1) is 0 Å². The van der Waals surface area contributed by atoms with Crippen molar-refractivity contribution < 1.29 is 17.9 Å². The number of hydrogen-bond acceptors (Lipinski definition) is 5. The van der Waals surface area contributed by atoms with E-state index in [9.17, 15) is 13.2 Å². The van der Waals surface area contributed by atoms with Crippen LogP contribution in [0.25, 0.3) is 0 Å². The van der Waals surface area contributed by atoms with E-state index in [0.717, 1.165) is 17.8 Å². The number of alkyl halides is 3. The van der Waals surface area contributed by atoms with Crippen LogP contribution in [0, 0.1) is 0 Å². The van der Waals surface area contributed by atoms with Gasteiger partial charge >= 0.3 is 6.18 Å². The average molecular weight is 296 g/mol. The summed E-state index contributed by atoms with van der Waals surface area (Å²) in [4.78, 5) is 6.98. The van der Waals surface area contributed by atoms with Crippen LogP contribution in [0.2, 0.25) is 0 Å². The summed E-state index contributed by atoms with van der Waals surface area (Å²) in [5.41, 5.74) is 2.07. The van der Waals surface area contributed by atoms with Crippen molar-refractivity contribution >= 4 is 12.2 Å². The van der Waals surface area contributed by atoms with Crippen molar-refractivity contribution in [1.29, 1.82) is 0 Å². The predicted molar refractivity (Wildman–Crippen MR) is 71.2 cm³/mol. The highest BCUT2D eigenvalue weighted by molar-refractivity contribution is 5.80. The molecule has 1 aromatic carbocycles. The highest BCUT2D eigenvalue weighted by Gasteiger charge is 2.32. The molecule has 0 unspecified atom stereocenters. The lowest BCUT2D eigenvalue weighted by Gasteiger charge is -2.06. The second-order valence-electron chi connectivity index (χ2n) is 3.91. The van der Waals surface area contributed by atoms with E-state index in [4.69, 9.17) is 4.74 Å². The molecule has 110 valence electrons. The Morgan fingerprint density at radius 3 is 2.52 bits per heavy atom. The lowest BCUT2D eigenvalue weighted by Crippen LogP contribution is -2.09. The number of rotatable bonds is 4. The van der Waals surface area contributed by atoms with Crippen molar-refractivity contribution in [2.45, 2.75) is 6.18 Å². The minimum Gasteiger partial charge on any atom is -0.497 e. The summed E-state index contributed by atoms with van der Waals surface area (Å²) >= 11 is 0. The van der Waals surface area contributed by atoms with Gasteiger partial charge in [-0.2, -0.15) is 18.3 Å². The van der Waals surface area contributed by atoms with Gasteiger partial charge in [0.1, 0.15) is 11.4 Å². The predicted octanol–water partition coefficient (Wildman–Crippen LogP) is 2.95. The summed E-state index contributed by atoms with van der Waals surface area (Å²) in [5, 5.41) is 3.78. The number of nitrogens with one attached hydrogen (secondary N) is 1. The second-order valence-corrected chi connectivity index (χ2v) is 3.91. The number of ether oxygens (including phenoxy) is 1. The number of benzene rings is 1. The molecule has 8 heteroatoms. The summed E-state index contributed by atoms with van der Waals surface area (Å²) in [7, 11) is 1.55. The van der Waals surface area contributed by atoms with Gasteiger partial charge in [0.2, 0.25) is 5.95 Å². The van der Waals surface area contributed by atoms with Gasteiger partial charge in [-0.1, -0.05) is 0 Å². The van der Waals surface area contributed by atoms with E-state index in [-0.39, 0.29) is 5.95 Å². The standard InChI is InChI=1S/C13H11F3N4O/c1-21-10-4-2-9(3-5-10)8-18-20-12-17-7-6-11(19-12)13(14,15)16/h2-8H,1H3,(H,17,19,20)/b18-8+. The molecule has 0 bridgehead atoms. The van der Waals surface area contributed by atoms with E-state index in [0.29, 0.717) is 5.75 Å². The molecular weight excluding hydrogens is 285 g/mol. The number of anilines is 1. The molecule has 2 rings (SSSR count). The second kappa shape index (κ2) is 6.21. The molecule has 0 aliphatic heterocycles. The van der Waals surface area contributed by atoms with Crippen LogP contribution in [0.5, 0.6) is 5.75 Å². The zero-order valence-electron chi connectivity index (χ0n) is 10.9. The van der Waals surface area contributed by atoms with E-state index >= 15 is 0 Å². The van der Waals surface area contributed by atoms with E-state index < -0.39 is 11.9 Å². The molecule has 1 heterocycles. The van der Waals surface area contributed by atoms with Crippen LogP contribution in [0.4, 0.5) is 19.1 Å². The van der Waals surface area contributed by atoms with Crippen LogP contribution in [0.15, 0.2) is 41.6 Å². The monoisotopic (exact) mass is 296 g/mol. The Balaban J connectivity index is 2.03. The maximum atomic E-state index is 12.5. The first-order chi connectivity index (χ1) is 9.99. The Morgan fingerprint density at radius 2 is 1.90 bits per heavy atom. The zero-order chi connectivity index (χ0) is 15.3. The molecular formula is C13H11F3N4O. The lowest BCUT2D eigenvalue weighted by molar-refractivity contribution is -0.141. The van der Waals surface area contributed by atoms with E-state index in [2.05, 4.69) is 20.5 Å². The Hall–Kier alpha value is -2.64. The summed E-state index contributed by atoms with van der Waals surface area (Å²) in [6.07, 6.45) is -2.07. The molecule has 0 radical (unpaired) electrons. The number of methoxy groups -OCH3 is 1. The zero-order valence-corrected chi connectivity index (χ0v) is 10.9. The molecule has 0 atom stereocenters. The third-order valence-electron chi connectivity index (χ3n) is 2.44. The molecule has 0 fully saturated rings. The van der Waals surface area contributed by atoms with Gasteiger partial charge in [0, 0.05) is 6.20 Å². The van der Waals surface area contributed by atoms with Gasteiger partial charge in [-0.05, 0) is 35.9 Å². The Morgan fingerprint density at radius 1 is 1.19 bits per heavy atom. The molecule has 0 aliphatic rings. The van der Waals surface area contributed by atoms with Gasteiger partial charge in [-0.3, -0.25) is 0 Å². The van der Waals surface area contributed by atoms with Gasteiger partial charge in [-0.25, -0.2) is 15.4 Å². The average Bonchev–Trinajstić information content (AvgIpc) is 2.47. The summed E-state index contributed by atoms with van der Waals surface area (Å²) in [6, 6.07) is 7.76. The highest BCUT2D eigenvalue weighted by atomic mass is 19.4. The molecule has 1 N–H and O–H groups in total. The van der Waals surface area contributed by atoms with Gasteiger partial charge in [0.15, 0.2) is 0 Å². The fraction of sp³-hybridized carbons (Fsp3) is 0.154. The van der Waals surface area contributed by atoms with E-state index in [1.807, 2.05) is 0 Å². The number of hydrogen-bond donors (Lipinski definition) is 1. The third-order valence-corrected chi connectivity index (χ3v) is 2.44. The fourth-order valence-corrected chi connectivity index (χ4v) is 1.42. The lowest BCUT2D eigenvalue weighted by atomic mass is 10.2. The van der Waals surface area contributed by atoms with Crippen LogP contribution in [-0.2, 0) is 6.18 Å². The highest BCUT2D eigenvalue weighted by Crippen LogP contribution is 2.27. The fourth-order valence-electron chi connectivity index (χ4n) is 1.42. The first kappa shape index (κ1) is 14.8. The Kier molecular flexibility index (Phi) is 4.36. The maximum Gasteiger partial charge on any atom is 0.433 e. The minimum absolute atomic E-state index is 0.227. The van der Waals surface area contributed by atoms with Crippen molar-refractivity contribution in [2.24, 2.45) is 5.10 Å². The number of aromatic nitrogens is 2. The van der Waals surface area contributed by atoms with Crippen molar-refractivity contribution in [3.63, 3.8) is 0 Å². The molecule has 0 saturated carbocycles. The van der Waals surface area contributed by atoms with Gasteiger partial charge < -0.3 is 4.74 Å². The van der Waals surface area contributed by atoms with Crippen LogP contribution in [0.1, 0.15) is 11.3 Å². The van der Waals surface area contributed by atoms with Crippen molar-refractivity contribution in [3.8, 4) is 5.75 Å². The molecule has 1 aromatic heterocycles. The number of hydrazone groups is 1. The molecule has 21 heavy (non-hydrogen) atoms. The molecule has 2 aromatic rings. The van der Waals surface area contributed by atoms with Crippen molar-refractivity contribution in [2.75, 3.05) is 12.5 Å². The van der Waals surface area contributed by atoms with Crippen LogP contribution < -0.4 is 10.2 Å². The van der Waals surface area contributed by atoms with Crippen LogP contribution >= 0.6 is 0 Å². The largest absolute Gasteiger partial charge is 0.497 e. The van der Waals surface area contributed by atoms with Gasteiger partial charge in [0.25, 0.3) is 0 Å². The SMILES string of the molecule is COc1ccc(/C=N/Nc2nccc(C(F)(F)F)n2)cc1. The molecule has 0 aliphatic carbocycles. The maximum absolute atomic E-state index is 12.5. The summed E-state index contributed by atoms with van der Waals surface area (Å²) < 4.78 is 42.4. The topological polar surface area (TPSA) is 59.4 Å². The smallest absolute Gasteiger partial charge is 0.433 e. The summed E-state index contributed by atoms with van der Waals surface area (Å²) in [5.74, 6) is 0.468. The van der Waals surface area contributed by atoms with E-state index in [1.54, 1.807) is 31.4 Å². The third kappa shape index (κ3) is 4.16.